The number of hydrogen-bond acceptors (Lipinski definition) is 2. The highest BCUT2D eigenvalue weighted by Crippen LogP contribution is 2.43. The first-order chi connectivity index (χ1) is 12.8. The number of hydrogen-bond donors (Lipinski definition) is 1. The van der Waals surface area contributed by atoms with Crippen molar-refractivity contribution in [3.63, 3.8) is 0 Å². The molecule has 1 amide bonds. The molecule has 0 aromatic heterocycles. The van der Waals surface area contributed by atoms with E-state index in [1.807, 2.05) is 6.07 Å². The van der Waals surface area contributed by atoms with Crippen LogP contribution in [0.1, 0.15) is 76.2 Å². The Morgan fingerprint density at radius 3 is 2.42 bits per heavy atom. The van der Waals surface area contributed by atoms with Gasteiger partial charge in [-0.05, 0) is 63.0 Å². The van der Waals surface area contributed by atoms with E-state index in [0.717, 1.165) is 25.3 Å². The molecule has 1 heterocycles. The first kappa shape index (κ1) is 18.0. The minimum Gasteiger partial charge on any atom is -0.333 e. The normalized spacial score (nSPS) is 30.2. The molecule has 142 valence electrons. The summed E-state index contributed by atoms with van der Waals surface area (Å²) in [5.74, 6) is 1.27. The van der Waals surface area contributed by atoms with Crippen molar-refractivity contribution >= 4 is 5.91 Å². The van der Waals surface area contributed by atoms with Gasteiger partial charge in [0, 0.05) is 24.5 Å². The molecule has 1 saturated heterocycles. The fourth-order valence-electron chi connectivity index (χ4n) is 5.50. The molecule has 2 saturated carbocycles. The summed E-state index contributed by atoms with van der Waals surface area (Å²) in [4.78, 5) is 14.8. The van der Waals surface area contributed by atoms with E-state index in [4.69, 9.17) is 0 Å². The van der Waals surface area contributed by atoms with Crippen LogP contribution in [-0.2, 0) is 11.3 Å². The van der Waals surface area contributed by atoms with Gasteiger partial charge in [0.05, 0.1) is 0 Å². The lowest BCUT2D eigenvalue weighted by molar-refractivity contribution is -0.133. The highest BCUT2D eigenvalue weighted by atomic mass is 16.2. The van der Waals surface area contributed by atoms with Gasteiger partial charge in [-0.2, -0.15) is 0 Å². The summed E-state index contributed by atoms with van der Waals surface area (Å²) < 4.78 is 0. The number of carbonyl (C=O) groups excluding carboxylic acids is 1. The molecule has 0 radical (unpaired) electrons. The van der Waals surface area contributed by atoms with Crippen LogP contribution in [-0.4, -0.2) is 28.9 Å². The number of rotatable bonds is 5. The molecular formula is C23H34N2O. The number of carbonyl (C=O) groups is 1. The van der Waals surface area contributed by atoms with Crippen molar-refractivity contribution in [1.29, 1.82) is 0 Å². The molecule has 3 heteroatoms. The summed E-state index contributed by atoms with van der Waals surface area (Å²) in [5.41, 5.74) is 1.40. The van der Waals surface area contributed by atoms with Crippen LogP contribution in [0.2, 0.25) is 0 Å². The molecule has 1 aromatic carbocycles. The van der Waals surface area contributed by atoms with E-state index in [2.05, 4.69) is 34.5 Å². The lowest BCUT2D eigenvalue weighted by Crippen LogP contribution is -2.50. The number of benzene rings is 1. The zero-order valence-corrected chi connectivity index (χ0v) is 16.1. The molecule has 4 rings (SSSR count). The largest absolute Gasteiger partial charge is 0.333 e. The third kappa shape index (κ3) is 3.98. The molecule has 3 nitrogen and oxygen atoms in total. The average molecular weight is 355 g/mol. The topological polar surface area (TPSA) is 32.3 Å². The van der Waals surface area contributed by atoms with Gasteiger partial charge in [-0.3, -0.25) is 4.79 Å². The quantitative estimate of drug-likeness (QED) is 0.834. The van der Waals surface area contributed by atoms with Crippen LogP contribution in [0, 0.1) is 5.92 Å². The van der Waals surface area contributed by atoms with Gasteiger partial charge in [-0.25, -0.2) is 0 Å². The van der Waals surface area contributed by atoms with Gasteiger partial charge in [-0.15, -0.1) is 0 Å². The van der Waals surface area contributed by atoms with E-state index in [1.165, 1.54) is 69.9 Å². The number of nitrogens with one attached hydrogen (secondary N) is 1. The van der Waals surface area contributed by atoms with Crippen molar-refractivity contribution in [1.82, 2.24) is 10.2 Å². The SMILES string of the molecule is O=C1CCC2(CCC(NCC3CCCCC3)CC2)N1Cc1ccccc1. The summed E-state index contributed by atoms with van der Waals surface area (Å²) in [6.07, 6.45) is 13.7. The zero-order chi connectivity index (χ0) is 17.8. The first-order valence-corrected chi connectivity index (χ1v) is 10.8. The Morgan fingerprint density at radius 1 is 0.962 bits per heavy atom. The van der Waals surface area contributed by atoms with Crippen molar-refractivity contribution in [2.75, 3.05) is 6.54 Å². The Kier molecular flexibility index (Phi) is 5.63. The van der Waals surface area contributed by atoms with Crippen molar-refractivity contribution in [3.05, 3.63) is 35.9 Å². The van der Waals surface area contributed by atoms with Gasteiger partial charge in [-0.1, -0.05) is 49.6 Å². The second-order valence-electron chi connectivity index (χ2n) is 8.88. The minimum absolute atomic E-state index is 0.135. The molecule has 0 atom stereocenters. The zero-order valence-electron chi connectivity index (χ0n) is 16.1. The number of nitrogens with zero attached hydrogens (tertiary/aromatic N) is 1. The lowest BCUT2D eigenvalue weighted by atomic mass is 9.77. The smallest absolute Gasteiger partial charge is 0.223 e. The van der Waals surface area contributed by atoms with Gasteiger partial charge in [0.2, 0.25) is 5.91 Å². The predicted molar refractivity (Wildman–Crippen MR) is 106 cm³/mol. The molecule has 3 fully saturated rings. The fraction of sp³-hybridized carbons (Fsp3) is 0.696. The van der Waals surface area contributed by atoms with E-state index < -0.39 is 0 Å². The first-order valence-electron chi connectivity index (χ1n) is 10.8. The maximum absolute atomic E-state index is 12.6. The van der Waals surface area contributed by atoms with E-state index in [-0.39, 0.29) is 5.54 Å². The molecule has 26 heavy (non-hydrogen) atoms. The molecule has 1 aromatic rings. The molecule has 1 N–H and O–H groups in total. The van der Waals surface area contributed by atoms with Gasteiger partial charge < -0.3 is 10.2 Å². The maximum Gasteiger partial charge on any atom is 0.223 e. The number of likely N-dealkylation sites (tertiary alicyclic amines) is 1. The highest BCUT2D eigenvalue weighted by Gasteiger charge is 2.46. The van der Waals surface area contributed by atoms with Gasteiger partial charge >= 0.3 is 0 Å². The van der Waals surface area contributed by atoms with Crippen molar-refractivity contribution < 1.29 is 4.79 Å². The van der Waals surface area contributed by atoms with E-state index in [0.29, 0.717) is 11.9 Å². The molecule has 1 aliphatic heterocycles. The van der Waals surface area contributed by atoms with Crippen LogP contribution in [0.4, 0.5) is 0 Å². The van der Waals surface area contributed by atoms with Crippen LogP contribution in [0.3, 0.4) is 0 Å². The van der Waals surface area contributed by atoms with Crippen molar-refractivity contribution in [2.45, 2.75) is 88.8 Å². The van der Waals surface area contributed by atoms with Gasteiger partial charge in [0.25, 0.3) is 0 Å². The molecule has 0 unspecified atom stereocenters. The summed E-state index contributed by atoms with van der Waals surface area (Å²) in [7, 11) is 0. The van der Waals surface area contributed by atoms with Crippen LogP contribution in [0.5, 0.6) is 0 Å². The van der Waals surface area contributed by atoms with Crippen molar-refractivity contribution in [2.24, 2.45) is 5.92 Å². The summed E-state index contributed by atoms with van der Waals surface area (Å²) in [6, 6.07) is 11.2. The Hall–Kier alpha value is -1.35. The molecule has 2 aliphatic carbocycles. The van der Waals surface area contributed by atoms with E-state index in [1.54, 1.807) is 0 Å². The van der Waals surface area contributed by atoms with Crippen LogP contribution in [0.15, 0.2) is 30.3 Å². The highest BCUT2D eigenvalue weighted by molar-refractivity contribution is 5.79. The third-order valence-electron chi connectivity index (χ3n) is 7.20. The lowest BCUT2D eigenvalue weighted by Gasteiger charge is -2.44. The molecular weight excluding hydrogens is 320 g/mol. The van der Waals surface area contributed by atoms with E-state index >= 15 is 0 Å². The summed E-state index contributed by atoms with van der Waals surface area (Å²) >= 11 is 0. The Bertz CT molecular complexity index is 585. The standard InChI is InChI=1S/C23H34N2O/c26-22-13-16-23(25(22)18-20-9-5-2-6-10-20)14-11-21(12-15-23)24-17-19-7-3-1-4-8-19/h2,5-6,9-10,19,21,24H,1,3-4,7-8,11-18H2. The average Bonchev–Trinajstić information content (AvgIpc) is 2.99. The van der Waals surface area contributed by atoms with Crippen LogP contribution < -0.4 is 5.32 Å². The van der Waals surface area contributed by atoms with Crippen LogP contribution >= 0.6 is 0 Å². The third-order valence-corrected chi connectivity index (χ3v) is 7.20. The summed E-state index contributed by atoms with van der Waals surface area (Å²) in [5, 5.41) is 3.87. The van der Waals surface area contributed by atoms with E-state index in [9.17, 15) is 4.79 Å². The van der Waals surface area contributed by atoms with Gasteiger partial charge in [0.15, 0.2) is 0 Å². The Balaban J connectivity index is 1.32. The molecule has 1 spiro atoms. The Labute approximate surface area is 158 Å². The predicted octanol–water partition coefficient (Wildman–Crippen LogP) is 4.66. The second-order valence-corrected chi connectivity index (χ2v) is 8.88. The maximum atomic E-state index is 12.6. The Morgan fingerprint density at radius 2 is 1.69 bits per heavy atom. The summed E-state index contributed by atoms with van der Waals surface area (Å²) in [6.45, 7) is 2.00. The fourth-order valence-corrected chi connectivity index (χ4v) is 5.50. The number of amides is 1. The second kappa shape index (κ2) is 8.12. The van der Waals surface area contributed by atoms with Crippen molar-refractivity contribution in [3.8, 4) is 0 Å². The van der Waals surface area contributed by atoms with Crippen LogP contribution in [0.25, 0.3) is 0 Å². The molecule has 3 aliphatic rings. The minimum atomic E-state index is 0.135. The molecule has 0 bridgehead atoms. The van der Waals surface area contributed by atoms with Gasteiger partial charge in [0.1, 0.15) is 0 Å². The monoisotopic (exact) mass is 354 g/mol.